The van der Waals surface area contributed by atoms with Gasteiger partial charge in [-0.1, -0.05) is 31.2 Å². The first-order valence-electron chi connectivity index (χ1n) is 8.19. The Morgan fingerprint density at radius 2 is 2.09 bits per heavy atom. The molecule has 1 fully saturated rings. The first-order chi connectivity index (χ1) is 10.8. The average molecular weight is 322 g/mol. The lowest BCUT2D eigenvalue weighted by molar-refractivity contribution is -0.129. The van der Waals surface area contributed by atoms with Gasteiger partial charge in [0.2, 0.25) is 5.91 Å². The van der Waals surface area contributed by atoms with Gasteiger partial charge in [0.1, 0.15) is 5.82 Å². The maximum Gasteiger partial charge on any atom is 0.233 e. The zero-order valence-electron chi connectivity index (χ0n) is 13.5. The van der Waals surface area contributed by atoms with Gasteiger partial charge in [-0.25, -0.2) is 0 Å². The summed E-state index contributed by atoms with van der Waals surface area (Å²) in [4.78, 5) is 14.2. The molecule has 0 aromatic carbocycles. The molecule has 0 aliphatic carbocycles. The number of aromatic nitrogens is 3. The number of piperidine rings is 1. The summed E-state index contributed by atoms with van der Waals surface area (Å²) in [6.07, 6.45) is 8.52. The summed E-state index contributed by atoms with van der Waals surface area (Å²) in [5, 5.41) is 9.37. The molecule has 1 aliphatic rings. The van der Waals surface area contributed by atoms with Crippen molar-refractivity contribution in [3.8, 4) is 0 Å². The Bertz CT molecular complexity index is 494. The molecule has 1 amide bonds. The van der Waals surface area contributed by atoms with Gasteiger partial charge >= 0.3 is 0 Å². The van der Waals surface area contributed by atoms with Gasteiger partial charge in [-0.2, -0.15) is 0 Å². The van der Waals surface area contributed by atoms with Crippen LogP contribution in [0, 0.1) is 0 Å². The number of carbonyl (C=O) groups excluding carboxylic acids is 1. The Kier molecular flexibility index (Phi) is 6.96. The summed E-state index contributed by atoms with van der Waals surface area (Å²) in [6, 6.07) is 0. The number of carbonyl (C=O) groups is 1. The van der Waals surface area contributed by atoms with Crippen LogP contribution in [-0.4, -0.2) is 44.4 Å². The predicted octanol–water partition coefficient (Wildman–Crippen LogP) is 2.91. The summed E-state index contributed by atoms with van der Waals surface area (Å²) in [7, 11) is 0. The summed E-state index contributed by atoms with van der Waals surface area (Å²) < 4.78 is 2.08. The lowest BCUT2D eigenvalue weighted by Crippen LogP contribution is -2.36. The van der Waals surface area contributed by atoms with Crippen LogP contribution in [0.1, 0.15) is 44.9 Å². The van der Waals surface area contributed by atoms with E-state index < -0.39 is 0 Å². The molecule has 0 unspecified atom stereocenters. The van der Waals surface area contributed by atoms with Crippen molar-refractivity contribution in [3.05, 3.63) is 18.5 Å². The summed E-state index contributed by atoms with van der Waals surface area (Å²) >= 11 is 1.49. The van der Waals surface area contributed by atoms with Crippen molar-refractivity contribution >= 4 is 17.7 Å². The zero-order chi connectivity index (χ0) is 15.8. The normalized spacial score (nSPS) is 15.0. The van der Waals surface area contributed by atoms with Crippen LogP contribution in [0.4, 0.5) is 0 Å². The SMILES string of the molecule is C=CCn1c(CCCC)nnc1SCC(=O)N1CCCCC1. The second-order valence-corrected chi connectivity index (χ2v) is 6.57. The van der Waals surface area contributed by atoms with E-state index in [1.807, 2.05) is 11.0 Å². The molecule has 6 heteroatoms. The zero-order valence-corrected chi connectivity index (χ0v) is 14.3. The van der Waals surface area contributed by atoms with Gasteiger partial charge in [-0.05, 0) is 25.7 Å². The molecular weight excluding hydrogens is 296 g/mol. The third-order valence-electron chi connectivity index (χ3n) is 3.89. The van der Waals surface area contributed by atoms with Crippen molar-refractivity contribution in [2.24, 2.45) is 0 Å². The number of hydrogen-bond acceptors (Lipinski definition) is 4. The molecule has 0 spiro atoms. The predicted molar refractivity (Wildman–Crippen MR) is 90.0 cm³/mol. The summed E-state index contributed by atoms with van der Waals surface area (Å²) in [5.74, 6) is 1.66. The molecule has 2 heterocycles. The molecule has 0 atom stereocenters. The van der Waals surface area contributed by atoms with Gasteiger partial charge in [0, 0.05) is 26.1 Å². The number of nitrogens with zero attached hydrogens (tertiary/aromatic N) is 4. The molecule has 0 saturated carbocycles. The Hall–Kier alpha value is -1.30. The summed E-state index contributed by atoms with van der Waals surface area (Å²) in [5.41, 5.74) is 0. The van der Waals surface area contributed by atoms with Crippen LogP contribution in [0.3, 0.4) is 0 Å². The minimum atomic E-state index is 0.216. The maximum atomic E-state index is 12.2. The molecule has 2 rings (SSSR count). The standard InChI is InChI=1S/C16H26N4OS/c1-3-5-9-14-17-18-16(20(14)10-4-2)22-13-15(21)19-11-7-6-8-12-19/h4H,2-3,5-13H2,1H3. The van der Waals surface area contributed by atoms with Crippen molar-refractivity contribution < 1.29 is 4.79 Å². The Morgan fingerprint density at radius 1 is 1.32 bits per heavy atom. The quantitative estimate of drug-likeness (QED) is 0.545. The first-order valence-corrected chi connectivity index (χ1v) is 9.18. The molecule has 122 valence electrons. The number of rotatable bonds is 8. The van der Waals surface area contributed by atoms with Crippen LogP contribution in [-0.2, 0) is 17.8 Å². The fourth-order valence-corrected chi connectivity index (χ4v) is 3.49. The number of allylic oxidation sites excluding steroid dienone is 1. The number of thioether (sulfide) groups is 1. The second kappa shape index (κ2) is 8.98. The van der Waals surface area contributed by atoms with Crippen molar-refractivity contribution in [2.75, 3.05) is 18.8 Å². The molecule has 0 N–H and O–H groups in total. The van der Waals surface area contributed by atoms with Gasteiger partial charge in [0.05, 0.1) is 5.75 Å². The number of hydrogen-bond donors (Lipinski definition) is 0. The Balaban J connectivity index is 1.94. The fraction of sp³-hybridized carbons (Fsp3) is 0.688. The van der Waals surface area contributed by atoms with Gasteiger partial charge < -0.3 is 9.47 Å². The molecule has 0 radical (unpaired) electrons. The van der Waals surface area contributed by atoms with Gasteiger partial charge in [-0.15, -0.1) is 16.8 Å². The molecule has 1 aromatic rings. The van der Waals surface area contributed by atoms with E-state index in [2.05, 4.69) is 28.3 Å². The fourth-order valence-electron chi connectivity index (χ4n) is 2.62. The van der Waals surface area contributed by atoms with E-state index in [0.29, 0.717) is 12.3 Å². The van der Waals surface area contributed by atoms with E-state index in [4.69, 9.17) is 0 Å². The van der Waals surface area contributed by atoms with Crippen molar-refractivity contribution in [2.45, 2.75) is 57.1 Å². The molecule has 0 bridgehead atoms. The van der Waals surface area contributed by atoms with Crippen LogP contribution < -0.4 is 0 Å². The van der Waals surface area contributed by atoms with Crippen LogP contribution in [0.15, 0.2) is 17.8 Å². The number of unbranched alkanes of at least 4 members (excludes halogenated alkanes) is 1. The highest BCUT2D eigenvalue weighted by molar-refractivity contribution is 7.99. The maximum absolute atomic E-state index is 12.2. The summed E-state index contributed by atoms with van der Waals surface area (Å²) in [6.45, 7) is 8.48. The highest BCUT2D eigenvalue weighted by Crippen LogP contribution is 2.20. The largest absolute Gasteiger partial charge is 0.342 e. The van der Waals surface area contributed by atoms with Crippen LogP contribution >= 0.6 is 11.8 Å². The van der Waals surface area contributed by atoms with Crippen LogP contribution in [0.2, 0.25) is 0 Å². The van der Waals surface area contributed by atoms with E-state index in [1.165, 1.54) is 18.2 Å². The van der Waals surface area contributed by atoms with Crippen LogP contribution in [0.25, 0.3) is 0 Å². The van der Waals surface area contributed by atoms with E-state index in [1.54, 1.807) is 0 Å². The lowest BCUT2D eigenvalue weighted by atomic mass is 10.1. The van der Waals surface area contributed by atoms with E-state index in [-0.39, 0.29) is 5.91 Å². The second-order valence-electron chi connectivity index (χ2n) is 5.63. The minimum Gasteiger partial charge on any atom is -0.342 e. The van der Waals surface area contributed by atoms with E-state index >= 15 is 0 Å². The highest BCUT2D eigenvalue weighted by Gasteiger charge is 2.18. The number of aryl methyl sites for hydroxylation is 1. The van der Waals surface area contributed by atoms with Gasteiger partial charge in [0.15, 0.2) is 5.16 Å². The monoisotopic (exact) mass is 322 g/mol. The van der Waals surface area contributed by atoms with E-state index in [9.17, 15) is 4.79 Å². The number of amides is 1. The lowest BCUT2D eigenvalue weighted by Gasteiger charge is -2.26. The average Bonchev–Trinajstić information content (AvgIpc) is 2.94. The molecule has 1 aromatic heterocycles. The van der Waals surface area contributed by atoms with Crippen molar-refractivity contribution in [1.29, 1.82) is 0 Å². The Labute approximate surface area is 137 Å². The molecule has 1 saturated heterocycles. The first kappa shape index (κ1) is 17.1. The van der Waals surface area contributed by atoms with Gasteiger partial charge in [0.25, 0.3) is 0 Å². The molecule has 1 aliphatic heterocycles. The van der Waals surface area contributed by atoms with E-state index in [0.717, 1.165) is 56.2 Å². The van der Waals surface area contributed by atoms with Crippen molar-refractivity contribution in [1.82, 2.24) is 19.7 Å². The topological polar surface area (TPSA) is 51.0 Å². The smallest absolute Gasteiger partial charge is 0.233 e. The van der Waals surface area contributed by atoms with Gasteiger partial charge in [-0.3, -0.25) is 4.79 Å². The molecular formula is C16H26N4OS. The van der Waals surface area contributed by atoms with Crippen LogP contribution in [0.5, 0.6) is 0 Å². The third kappa shape index (κ3) is 4.60. The Morgan fingerprint density at radius 3 is 2.77 bits per heavy atom. The number of likely N-dealkylation sites (tertiary alicyclic amines) is 1. The third-order valence-corrected chi connectivity index (χ3v) is 4.84. The highest BCUT2D eigenvalue weighted by atomic mass is 32.2. The van der Waals surface area contributed by atoms with Crippen molar-refractivity contribution in [3.63, 3.8) is 0 Å². The minimum absolute atomic E-state index is 0.216. The molecule has 22 heavy (non-hydrogen) atoms. The molecule has 5 nitrogen and oxygen atoms in total.